The van der Waals surface area contributed by atoms with E-state index >= 15 is 0 Å². The lowest BCUT2D eigenvalue weighted by atomic mass is 9.91. The highest BCUT2D eigenvalue weighted by molar-refractivity contribution is 5.55. The molecule has 0 unspecified atom stereocenters. The third kappa shape index (κ3) is 3.73. The zero-order chi connectivity index (χ0) is 13.7. The molecular formula is C17H28N2. The Balaban J connectivity index is 2.06. The lowest BCUT2D eigenvalue weighted by Gasteiger charge is -2.35. The number of nitrogens with two attached hydrogens (primary N) is 1. The van der Waals surface area contributed by atoms with Gasteiger partial charge in [-0.1, -0.05) is 37.5 Å². The molecule has 1 saturated heterocycles. The molecule has 1 aliphatic heterocycles. The molecule has 0 spiro atoms. The fraction of sp³-hybridized carbons (Fsp3) is 0.647. The average Bonchev–Trinajstić information content (AvgIpc) is 2.41. The van der Waals surface area contributed by atoms with Crippen molar-refractivity contribution in [1.82, 2.24) is 0 Å². The lowest BCUT2D eigenvalue weighted by molar-refractivity contribution is 0.378. The van der Waals surface area contributed by atoms with Gasteiger partial charge < -0.3 is 10.6 Å². The van der Waals surface area contributed by atoms with Gasteiger partial charge in [0.15, 0.2) is 0 Å². The first kappa shape index (κ1) is 14.4. The second-order valence-corrected chi connectivity index (χ2v) is 5.89. The first-order valence-corrected chi connectivity index (χ1v) is 7.79. The van der Waals surface area contributed by atoms with E-state index in [1.807, 2.05) is 0 Å². The van der Waals surface area contributed by atoms with Gasteiger partial charge in [-0.3, -0.25) is 0 Å². The van der Waals surface area contributed by atoms with Gasteiger partial charge in [0.05, 0.1) is 0 Å². The maximum atomic E-state index is 5.75. The Bertz CT molecular complexity index is 392. The van der Waals surface area contributed by atoms with Crippen LogP contribution in [0, 0.1) is 12.8 Å². The summed E-state index contributed by atoms with van der Waals surface area (Å²) < 4.78 is 0. The summed E-state index contributed by atoms with van der Waals surface area (Å²) in [5.41, 5.74) is 9.94. The van der Waals surface area contributed by atoms with Gasteiger partial charge in [0.25, 0.3) is 0 Å². The van der Waals surface area contributed by atoms with Crippen LogP contribution in [-0.2, 0) is 6.42 Å². The SMILES string of the molecule is CCCC1CCN(c2ccc(C)cc2CCN)CC1. The van der Waals surface area contributed by atoms with E-state index in [2.05, 4.69) is 36.9 Å². The molecule has 1 fully saturated rings. The molecule has 1 aromatic rings. The summed E-state index contributed by atoms with van der Waals surface area (Å²) in [6.45, 7) is 7.63. The molecule has 19 heavy (non-hydrogen) atoms. The molecule has 0 amide bonds. The van der Waals surface area contributed by atoms with Crippen LogP contribution in [-0.4, -0.2) is 19.6 Å². The quantitative estimate of drug-likeness (QED) is 0.878. The fourth-order valence-electron chi connectivity index (χ4n) is 3.25. The monoisotopic (exact) mass is 260 g/mol. The molecule has 0 aromatic heterocycles. The van der Waals surface area contributed by atoms with Crippen molar-refractivity contribution in [3.8, 4) is 0 Å². The van der Waals surface area contributed by atoms with Gasteiger partial charge in [0.1, 0.15) is 0 Å². The Morgan fingerprint density at radius 2 is 2.00 bits per heavy atom. The Morgan fingerprint density at radius 1 is 1.26 bits per heavy atom. The molecule has 0 aliphatic carbocycles. The molecule has 0 radical (unpaired) electrons. The topological polar surface area (TPSA) is 29.3 Å². The van der Waals surface area contributed by atoms with Crippen molar-refractivity contribution in [3.05, 3.63) is 29.3 Å². The highest BCUT2D eigenvalue weighted by Gasteiger charge is 2.20. The number of aryl methyl sites for hydroxylation is 1. The van der Waals surface area contributed by atoms with Crippen LogP contribution in [0.5, 0.6) is 0 Å². The third-order valence-electron chi connectivity index (χ3n) is 4.30. The van der Waals surface area contributed by atoms with Crippen LogP contribution in [0.4, 0.5) is 5.69 Å². The van der Waals surface area contributed by atoms with Gasteiger partial charge in [-0.25, -0.2) is 0 Å². The van der Waals surface area contributed by atoms with Crippen LogP contribution in [0.25, 0.3) is 0 Å². The molecule has 106 valence electrons. The van der Waals surface area contributed by atoms with Gasteiger partial charge in [-0.2, -0.15) is 0 Å². The molecule has 2 N–H and O–H groups in total. The van der Waals surface area contributed by atoms with Crippen molar-refractivity contribution in [3.63, 3.8) is 0 Å². The van der Waals surface area contributed by atoms with Crippen molar-refractivity contribution in [2.75, 3.05) is 24.5 Å². The van der Waals surface area contributed by atoms with E-state index in [0.717, 1.165) is 18.9 Å². The zero-order valence-electron chi connectivity index (χ0n) is 12.5. The number of nitrogens with zero attached hydrogens (tertiary/aromatic N) is 1. The third-order valence-corrected chi connectivity index (χ3v) is 4.30. The molecule has 0 saturated carbocycles. The first-order chi connectivity index (χ1) is 9.24. The van der Waals surface area contributed by atoms with Gasteiger partial charge in [0.2, 0.25) is 0 Å². The lowest BCUT2D eigenvalue weighted by Crippen LogP contribution is -2.34. The van der Waals surface area contributed by atoms with E-state index in [4.69, 9.17) is 5.73 Å². The van der Waals surface area contributed by atoms with Gasteiger partial charge in [-0.05, 0) is 50.3 Å². The second kappa shape index (κ2) is 6.95. The zero-order valence-corrected chi connectivity index (χ0v) is 12.5. The van der Waals surface area contributed by atoms with Crippen LogP contribution in [0.1, 0.15) is 43.7 Å². The molecule has 0 bridgehead atoms. The van der Waals surface area contributed by atoms with Crippen LogP contribution in [0.3, 0.4) is 0 Å². The molecule has 1 heterocycles. The van der Waals surface area contributed by atoms with Gasteiger partial charge in [0, 0.05) is 18.8 Å². The summed E-state index contributed by atoms with van der Waals surface area (Å²) >= 11 is 0. The van der Waals surface area contributed by atoms with E-state index in [-0.39, 0.29) is 0 Å². The first-order valence-electron chi connectivity index (χ1n) is 7.79. The van der Waals surface area contributed by atoms with E-state index in [1.54, 1.807) is 0 Å². The van der Waals surface area contributed by atoms with Crippen LogP contribution in [0.2, 0.25) is 0 Å². The number of benzene rings is 1. The normalized spacial score (nSPS) is 16.9. The average molecular weight is 260 g/mol. The van der Waals surface area contributed by atoms with E-state index in [1.165, 1.54) is 55.6 Å². The molecule has 1 aliphatic rings. The van der Waals surface area contributed by atoms with Gasteiger partial charge >= 0.3 is 0 Å². The number of anilines is 1. The maximum absolute atomic E-state index is 5.75. The Hall–Kier alpha value is -1.02. The summed E-state index contributed by atoms with van der Waals surface area (Å²) in [5.74, 6) is 0.949. The molecule has 2 heteroatoms. The molecule has 0 atom stereocenters. The van der Waals surface area contributed by atoms with E-state index < -0.39 is 0 Å². The Labute approximate surface area is 118 Å². The van der Waals surface area contributed by atoms with Crippen LogP contribution >= 0.6 is 0 Å². The Kier molecular flexibility index (Phi) is 5.26. The van der Waals surface area contributed by atoms with Crippen molar-refractivity contribution in [2.45, 2.75) is 46.0 Å². The number of hydrogen-bond acceptors (Lipinski definition) is 2. The van der Waals surface area contributed by atoms with Crippen molar-refractivity contribution in [1.29, 1.82) is 0 Å². The molecular weight excluding hydrogens is 232 g/mol. The maximum Gasteiger partial charge on any atom is 0.0399 e. The minimum Gasteiger partial charge on any atom is -0.371 e. The minimum absolute atomic E-state index is 0.739. The van der Waals surface area contributed by atoms with E-state index in [0.29, 0.717) is 0 Å². The van der Waals surface area contributed by atoms with Crippen LogP contribution < -0.4 is 10.6 Å². The largest absolute Gasteiger partial charge is 0.371 e. The summed E-state index contributed by atoms with van der Waals surface area (Å²) in [6.07, 6.45) is 6.42. The van der Waals surface area contributed by atoms with Gasteiger partial charge in [-0.15, -0.1) is 0 Å². The highest BCUT2D eigenvalue weighted by Crippen LogP contribution is 2.29. The molecule has 1 aromatic carbocycles. The summed E-state index contributed by atoms with van der Waals surface area (Å²) in [4.78, 5) is 2.57. The van der Waals surface area contributed by atoms with Crippen molar-refractivity contribution in [2.24, 2.45) is 11.7 Å². The number of piperidine rings is 1. The molecule has 2 rings (SSSR count). The van der Waals surface area contributed by atoms with Crippen molar-refractivity contribution >= 4 is 5.69 Å². The number of hydrogen-bond donors (Lipinski definition) is 1. The van der Waals surface area contributed by atoms with Crippen molar-refractivity contribution < 1.29 is 0 Å². The Morgan fingerprint density at radius 3 is 2.63 bits per heavy atom. The van der Waals surface area contributed by atoms with E-state index in [9.17, 15) is 0 Å². The number of rotatable bonds is 5. The predicted octanol–water partition coefficient (Wildman–Crippen LogP) is 3.51. The molecule has 2 nitrogen and oxygen atoms in total. The summed E-state index contributed by atoms with van der Waals surface area (Å²) in [7, 11) is 0. The highest BCUT2D eigenvalue weighted by atomic mass is 15.1. The standard InChI is InChI=1S/C17H28N2/c1-3-4-15-8-11-19(12-9-15)17-6-5-14(2)13-16(17)7-10-18/h5-6,13,15H,3-4,7-12,18H2,1-2H3. The minimum atomic E-state index is 0.739. The predicted molar refractivity (Wildman–Crippen MR) is 83.8 cm³/mol. The second-order valence-electron chi connectivity index (χ2n) is 5.89. The summed E-state index contributed by atoms with van der Waals surface area (Å²) in [6, 6.07) is 6.83. The van der Waals surface area contributed by atoms with Crippen LogP contribution in [0.15, 0.2) is 18.2 Å². The summed E-state index contributed by atoms with van der Waals surface area (Å²) in [5, 5.41) is 0. The fourth-order valence-corrected chi connectivity index (χ4v) is 3.25. The smallest absolute Gasteiger partial charge is 0.0399 e.